The van der Waals surface area contributed by atoms with Crippen LogP contribution in [0.4, 0.5) is 5.69 Å². The molecule has 1 N–H and O–H groups in total. The lowest BCUT2D eigenvalue weighted by atomic mass is 10.2. The predicted octanol–water partition coefficient (Wildman–Crippen LogP) is 3.32. The van der Waals surface area contributed by atoms with Gasteiger partial charge in [-0.2, -0.15) is 0 Å². The molecule has 2 aromatic rings. The first-order chi connectivity index (χ1) is 8.77. The fraction of sp³-hybridized carbons (Fsp3) is 0.400. The molecule has 0 bridgehead atoms. The van der Waals surface area contributed by atoms with Crippen molar-refractivity contribution in [1.82, 2.24) is 4.98 Å². The molecular formula is C15H20N2O. The quantitative estimate of drug-likeness (QED) is 0.791. The molecule has 1 heterocycles. The summed E-state index contributed by atoms with van der Waals surface area (Å²) in [5.74, 6) is 0.590. The maximum absolute atomic E-state index is 5.55. The number of nitrogens with one attached hydrogen (secondary N) is 1. The summed E-state index contributed by atoms with van der Waals surface area (Å²) >= 11 is 0. The van der Waals surface area contributed by atoms with Crippen LogP contribution in [0, 0.1) is 5.92 Å². The number of aromatic nitrogens is 1. The summed E-state index contributed by atoms with van der Waals surface area (Å²) in [6.07, 6.45) is 1.83. The van der Waals surface area contributed by atoms with Gasteiger partial charge in [0.05, 0.1) is 12.1 Å². The van der Waals surface area contributed by atoms with Gasteiger partial charge in [-0.1, -0.05) is 32.0 Å². The number of rotatable bonds is 6. The third-order valence-corrected chi connectivity index (χ3v) is 2.66. The first-order valence-electron chi connectivity index (χ1n) is 6.43. The Morgan fingerprint density at radius 3 is 2.89 bits per heavy atom. The Bertz CT molecular complexity index is 491. The van der Waals surface area contributed by atoms with E-state index in [9.17, 15) is 0 Å². The van der Waals surface area contributed by atoms with Gasteiger partial charge in [0.1, 0.15) is 0 Å². The van der Waals surface area contributed by atoms with Gasteiger partial charge in [-0.3, -0.25) is 4.98 Å². The van der Waals surface area contributed by atoms with Gasteiger partial charge in [-0.25, -0.2) is 0 Å². The second kappa shape index (κ2) is 6.36. The van der Waals surface area contributed by atoms with Crippen molar-refractivity contribution in [2.45, 2.75) is 13.8 Å². The maximum atomic E-state index is 5.55. The highest BCUT2D eigenvalue weighted by Crippen LogP contribution is 2.20. The van der Waals surface area contributed by atoms with E-state index in [2.05, 4.69) is 30.2 Å². The lowest BCUT2D eigenvalue weighted by Crippen LogP contribution is -2.12. The van der Waals surface area contributed by atoms with E-state index in [1.54, 1.807) is 0 Å². The minimum absolute atomic E-state index is 0.590. The second-order valence-corrected chi connectivity index (χ2v) is 4.77. The molecule has 0 saturated heterocycles. The summed E-state index contributed by atoms with van der Waals surface area (Å²) in [5, 5.41) is 4.55. The molecule has 0 fully saturated rings. The Kier molecular flexibility index (Phi) is 4.53. The van der Waals surface area contributed by atoms with Gasteiger partial charge >= 0.3 is 0 Å². The van der Waals surface area contributed by atoms with Crippen LogP contribution >= 0.6 is 0 Å². The van der Waals surface area contributed by atoms with Crippen molar-refractivity contribution in [3.8, 4) is 0 Å². The molecule has 0 spiro atoms. The van der Waals surface area contributed by atoms with Crippen molar-refractivity contribution in [2.75, 3.05) is 25.1 Å². The number of para-hydroxylation sites is 1. The monoisotopic (exact) mass is 244 g/mol. The van der Waals surface area contributed by atoms with Gasteiger partial charge in [0, 0.05) is 30.4 Å². The lowest BCUT2D eigenvalue weighted by molar-refractivity contribution is 0.118. The number of ether oxygens (including phenoxy) is 1. The zero-order valence-corrected chi connectivity index (χ0v) is 11.0. The number of hydrogen-bond donors (Lipinski definition) is 1. The van der Waals surface area contributed by atoms with E-state index in [1.165, 1.54) is 0 Å². The Balaban J connectivity index is 1.91. The van der Waals surface area contributed by atoms with Crippen molar-refractivity contribution >= 4 is 16.6 Å². The summed E-state index contributed by atoms with van der Waals surface area (Å²) in [6, 6.07) is 10.1. The number of anilines is 1. The van der Waals surface area contributed by atoms with Crippen molar-refractivity contribution in [3.63, 3.8) is 0 Å². The van der Waals surface area contributed by atoms with Crippen molar-refractivity contribution in [1.29, 1.82) is 0 Å². The number of fused-ring (bicyclic) bond motifs is 1. The molecule has 0 aliphatic carbocycles. The van der Waals surface area contributed by atoms with Crippen LogP contribution in [0.5, 0.6) is 0 Å². The number of pyridine rings is 1. The second-order valence-electron chi connectivity index (χ2n) is 4.77. The zero-order valence-electron chi connectivity index (χ0n) is 11.0. The van der Waals surface area contributed by atoms with Crippen LogP contribution in [-0.2, 0) is 4.74 Å². The largest absolute Gasteiger partial charge is 0.382 e. The minimum atomic E-state index is 0.590. The minimum Gasteiger partial charge on any atom is -0.382 e. The molecule has 3 heteroatoms. The summed E-state index contributed by atoms with van der Waals surface area (Å²) < 4.78 is 5.55. The van der Waals surface area contributed by atoms with Crippen molar-refractivity contribution in [3.05, 3.63) is 36.5 Å². The number of benzene rings is 1. The molecule has 3 nitrogen and oxygen atoms in total. The zero-order chi connectivity index (χ0) is 12.8. The van der Waals surface area contributed by atoms with Crippen molar-refractivity contribution in [2.24, 2.45) is 5.92 Å². The molecule has 1 aromatic heterocycles. The van der Waals surface area contributed by atoms with Crippen LogP contribution in [-0.4, -0.2) is 24.7 Å². The lowest BCUT2D eigenvalue weighted by Gasteiger charge is -2.10. The Morgan fingerprint density at radius 1 is 1.22 bits per heavy atom. The Labute approximate surface area is 108 Å². The molecule has 0 radical (unpaired) electrons. The molecule has 0 amide bonds. The van der Waals surface area contributed by atoms with Gasteiger partial charge in [-0.05, 0) is 18.1 Å². The van der Waals surface area contributed by atoms with Crippen molar-refractivity contribution < 1.29 is 4.74 Å². The van der Waals surface area contributed by atoms with E-state index < -0.39 is 0 Å². The molecular weight excluding hydrogens is 224 g/mol. The van der Waals surface area contributed by atoms with E-state index in [1.807, 2.05) is 30.5 Å². The molecule has 0 unspecified atom stereocenters. The summed E-state index contributed by atoms with van der Waals surface area (Å²) in [7, 11) is 0. The molecule has 1 aromatic carbocycles. The molecule has 18 heavy (non-hydrogen) atoms. The van der Waals surface area contributed by atoms with E-state index in [0.29, 0.717) is 5.92 Å². The molecule has 0 aliphatic rings. The van der Waals surface area contributed by atoms with Gasteiger partial charge in [0.15, 0.2) is 0 Å². The van der Waals surface area contributed by atoms with Gasteiger partial charge in [0.2, 0.25) is 0 Å². The van der Waals surface area contributed by atoms with Crippen LogP contribution in [0.25, 0.3) is 10.9 Å². The Hall–Kier alpha value is -1.61. The molecule has 0 saturated carbocycles. The average molecular weight is 244 g/mol. The first kappa shape index (κ1) is 12.8. The highest BCUT2D eigenvalue weighted by atomic mass is 16.5. The van der Waals surface area contributed by atoms with Gasteiger partial charge in [-0.15, -0.1) is 0 Å². The van der Waals surface area contributed by atoms with Gasteiger partial charge in [0.25, 0.3) is 0 Å². The molecule has 0 atom stereocenters. The van der Waals surface area contributed by atoms with E-state index in [4.69, 9.17) is 4.74 Å². The normalized spacial score (nSPS) is 11.1. The summed E-state index contributed by atoms with van der Waals surface area (Å²) in [6.45, 7) is 6.68. The SMILES string of the molecule is CC(C)COCCNc1ccnc2ccccc12. The average Bonchev–Trinajstić information content (AvgIpc) is 2.38. The standard InChI is InChI=1S/C15H20N2O/c1-12(2)11-18-10-9-17-15-7-8-16-14-6-4-3-5-13(14)15/h3-8,12H,9-11H2,1-2H3,(H,16,17). The molecule has 2 rings (SSSR count). The fourth-order valence-corrected chi connectivity index (χ4v) is 1.83. The van der Waals surface area contributed by atoms with Crippen LogP contribution in [0.3, 0.4) is 0 Å². The van der Waals surface area contributed by atoms with E-state index in [0.717, 1.165) is 36.3 Å². The van der Waals surface area contributed by atoms with Gasteiger partial charge < -0.3 is 10.1 Å². The topological polar surface area (TPSA) is 34.1 Å². The van der Waals surface area contributed by atoms with E-state index in [-0.39, 0.29) is 0 Å². The smallest absolute Gasteiger partial charge is 0.0722 e. The molecule has 96 valence electrons. The first-order valence-corrected chi connectivity index (χ1v) is 6.43. The van der Waals surface area contributed by atoms with Crippen LogP contribution < -0.4 is 5.32 Å². The van der Waals surface area contributed by atoms with Crippen LogP contribution in [0.1, 0.15) is 13.8 Å². The summed E-state index contributed by atoms with van der Waals surface area (Å²) in [5.41, 5.74) is 2.14. The number of nitrogens with zero attached hydrogens (tertiary/aromatic N) is 1. The van der Waals surface area contributed by atoms with E-state index >= 15 is 0 Å². The van der Waals surface area contributed by atoms with Crippen LogP contribution in [0.15, 0.2) is 36.5 Å². The third kappa shape index (κ3) is 3.44. The maximum Gasteiger partial charge on any atom is 0.0722 e. The summed E-state index contributed by atoms with van der Waals surface area (Å²) in [4.78, 5) is 4.34. The highest BCUT2D eigenvalue weighted by molar-refractivity contribution is 5.90. The highest BCUT2D eigenvalue weighted by Gasteiger charge is 2.00. The number of hydrogen-bond acceptors (Lipinski definition) is 3. The molecule has 0 aliphatic heterocycles. The Morgan fingerprint density at radius 2 is 2.06 bits per heavy atom. The van der Waals surface area contributed by atoms with Crippen LogP contribution in [0.2, 0.25) is 0 Å². The third-order valence-electron chi connectivity index (χ3n) is 2.66. The predicted molar refractivity (Wildman–Crippen MR) is 75.9 cm³/mol. The fourth-order valence-electron chi connectivity index (χ4n) is 1.83.